The Morgan fingerprint density at radius 2 is 1.96 bits per heavy atom. The van der Waals surface area contributed by atoms with Gasteiger partial charge in [0.05, 0.1) is 18.2 Å². The first-order chi connectivity index (χ1) is 12.7. The van der Waals surface area contributed by atoms with Gasteiger partial charge in [-0.1, -0.05) is 12.1 Å². The van der Waals surface area contributed by atoms with Crippen molar-refractivity contribution in [1.29, 1.82) is 0 Å². The van der Waals surface area contributed by atoms with Crippen LogP contribution in [0.15, 0.2) is 48.8 Å². The molecule has 0 aliphatic carbocycles. The number of aromatic nitrogens is 1. The van der Waals surface area contributed by atoms with Gasteiger partial charge >= 0.3 is 0 Å². The van der Waals surface area contributed by atoms with Crippen molar-refractivity contribution in [1.82, 2.24) is 15.2 Å². The van der Waals surface area contributed by atoms with E-state index in [-0.39, 0.29) is 11.8 Å². The maximum atomic E-state index is 12.4. The average Bonchev–Trinajstić information content (AvgIpc) is 2.72. The first-order valence-electron chi connectivity index (χ1n) is 8.79. The van der Waals surface area contributed by atoms with E-state index in [1.54, 1.807) is 43.8 Å². The van der Waals surface area contributed by atoms with Crippen molar-refractivity contribution >= 4 is 11.8 Å². The van der Waals surface area contributed by atoms with Gasteiger partial charge in [0.15, 0.2) is 0 Å². The maximum Gasteiger partial charge on any atom is 0.255 e. The smallest absolute Gasteiger partial charge is 0.255 e. The first kappa shape index (κ1) is 17.9. The maximum absolute atomic E-state index is 12.4. The predicted octanol–water partition coefficient (Wildman–Crippen LogP) is 2.37. The first-order valence-corrected chi connectivity index (χ1v) is 8.79. The zero-order valence-electron chi connectivity index (χ0n) is 14.9. The molecular weight excluding hydrogens is 330 g/mol. The van der Waals surface area contributed by atoms with Gasteiger partial charge in [-0.25, -0.2) is 0 Å². The van der Waals surface area contributed by atoms with Gasteiger partial charge < -0.3 is 15.0 Å². The van der Waals surface area contributed by atoms with Crippen molar-refractivity contribution in [2.45, 2.75) is 12.8 Å². The van der Waals surface area contributed by atoms with Crippen LogP contribution in [-0.4, -0.2) is 48.4 Å². The average molecular weight is 353 g/mol. The fourth-order valence-corrected chi connectivity index (χ4v) is 3.18. The van der Waals surface area contributed by atoms with Crippen LogP contribution in [0.4, 0.5) is 0 Å². The lowest BCUT2D eigenvalue weighted by molar-refractivity contribution is 0.0683. The summed E-state index contributed by atoms with van der Waals surface area (Å²) in [6, 6.07) is 10.7. The van der Waals surface area contributed by atoms with Gasteiger partial charge in [-0.3, -0.25) is 14.6 Å². The van der Waals surface area contributed by atoms with Crippen molar-refractivity contribution in [3.05, 3.63) is 59.9 Å². The predicted molar refractivity (Wildman–Crippen MR) is 98.2 cm³/mol. The fourth-order valence-electron chi connectivity index (χ4n) is 3.18. The van der Waals surface area contributed by atoms with E-state index in [1.807, 2.05) is 17.0 Å². The quantitative estimate of drug-likeness (QED) is 0.896. The number of hydrogen-bond donors (Lipinski definition) is 1. The lowest BCUT2D eigenvalue weighted by Gasteiger charge is -2.32. The Bertz CT molecular complexity index is 756. The van der Waals surface area contributed by atoms with Crippen molar-refractivity contribution in [2.24, 2.45) is 5.92 Å². The van der Waals surface area contributed by atoms with Crippen LogP contribution in [0.3, 0.4) is 0 Å². The fraction of sp³-hybridized carbons (Fsp3) is 0.350. The number of carbonyl (C=O) groups excluding carboxylic acids is 2. The molecule has 1 aliphatic heterocycles. The molecule has 1 aromatic heterocycles. The third kappa shape index (κ3) is 4.20. The molecule has 0 unspecified atom stereocenters. The standard InChI is InChI=1S/C20H23N3O3/c1-26-18-7-3-2-6-17(18)19(24)22-13-15-8-11-23(12-9-15)20(25)16-5-4-10-21-14-16/h2-7,10,14-15H,8-9,11-13H2,1H3,(H,22,24). The highest BCUT2D eigenvalue weighted by Crippen LogP contribution is 2.20. The van der Waals surface area contributed by atoms with Crippen LogP contribution >= 0.6 is 0 Å². The second-order valence-electron chi connectivity index (χ2n) is 6.39. The molecule has 136 valence electrons. The molecule has 0 spiro atoms. The summed E-state index contributed by atoms with van der Waals surface area (Å²) in [6.07, 6.45) is 5.01. The molecule has 2 amide bonds. The zero-order chi connectivity index (χ0) is 18.4. The number of rotatable bonds is 5. The van der Waals surface area contributed by atoms with Crippen LogP contribution in [0.2, 0.25) is 0 Å². The Kier molecular flexibility index (Phi) is 5.84. The molecule has 3 rings (SSSR count). The number of para-hydroxylation sites is 1. The summed E-state index contributed by atoms with van der Waals surface area (Å²) < 4.78 is 5.23. The second-order valence-corrected chi connectivity index (χ2v) is 6.39. The largest absolute Gasteiger partial charge is 0.496 e. The van der Waals surface area contributed by atoms with E-state index in [2.05, 4.69) is 10.3 Å². The van der Waals surface area contributed by atoms with Gasteiger partial charge in [-0.05, 0) is 43.0 Å². The molecule has 2 aromatic rings. The Hall–Kier alpha value is -2.89. The molecule has 1 N–H and O–H groups in total. The highest BCUT2D eigenvalue weighted by molar-refractivity contribution is 5.97. The number of ether oxygens (including phenoxy) is 1. The summed E-state index contributed by atoms with van der Waals surface area (Å²) in [5, 5.41) is 2.99. The molecule has 2 heterocycles. The Morgan fingerprint density at radius 1 is 1.19 bits per heavy atom. The number of benzene rings is 1. The third-order valence-electron chi connectivity index (χ3n) is 4.71. The summed E-state index contributed by atoms with van der Waals surface area (Å²) in [4.78, 5) is 30.7. The minimum atomic E-state index is -0.128. The summed E-state index contributed by atoms with van der Waals surface area (Å²) in [5.74, 6) is 0.833. The molecule has 0 atom stereocenters. The van der Waals surface area contributed by atoms with E-state index < -0.39 is 0 Å². The molecule has 0 bridgehead atoms. The number of methoxy groups -OCH3 is 1. The highest BCUT2D eigenvalue weighted by Gasteiger charge is 2.24. The van der Waals surface area contributed by atoms with Crippen molar-refractivity contribution in [2.75, 3.05) is 26.7 Å². The van der Waals surface area contributed by atoms with Crippen LogP contribution in [0.1, 0.15) is 33.6 Å². The summed E-state index contributed by atoms with van der Waals surface area (Å²) in [5.41, 5.74) is 1.16. The Morgan fingerprint density at radius 3 is 2.65 bits per heavy atom. The SMILES string of the molecule is COc1ccccc1C(=O)NCC1CCN(C(=O)c2cccnc2)CC1. The highest BCUT2D eigenvalue weighted by atomic mass is 16.5. The van der Waals surface area contributed by atoms with Gasteiger partial charge in [-0.15, -0.1) is 0 Å². The number of nitrogens with one attached hydrogen (secondary N) is 1. The Balaban J connectivity index is 1.48. The molecule has 0 saturated carbocycles. The van der Waals surface area contributed by atoms with E-state index in [9.17, 15) is 9.59 Å². The number of carbonyl (C=O) groups is 2. The molecule has 1 fully saturated rings. The lowest BCUT2D eigenvalue weighted by Crippen LogP contribution is -2.41. The summed E-state index contributed by atoms with van der Waals surface area (Å²) in [6.45, 7) is 2.00. The minimum Gasteiger partial charge on any atom is -0.496 e. The molecule has 0 radical (unpaired) electrons. The zero-order valence-corrected chi connectivity index (χ0v) is 14.9. The molecule has 6 nitrogen and oxygen atoms in total. The van der Waals surface area contributed by atoms with Gasteiger partial charge in [-0.2, -0.15) is 0 Å². The molecule has 1 aliphatic rings. The van der Waals surface area contributed by atoms with Gasteiger partial charge in [0.25, 0.3) is 11.8 Å². The normalized spacial score (nSPS) is 14.7. The van der Waals surface area contributed by atoms with E-state index in [4.69, 9.17) is 4.74 Å². The number of hydrogen-bond acceptors (Lipinski definition) is 4. The van der Waals surface area contributed by atoms with E-state index in [0.29, 0.717) is 42.4 Å². The Labute approximate surface area is 153 Å². The number of amides is 2. The molecule has 1 aromatic carbocycles. The summed E-state index contributed by atoms with van der Waals surface area (Å²) >= 11 is 0. The monoisotopic (exact) mass is 353 g/mol. The van der Waals surface area contributed by atoms with Crippen molar-refractivity contribution < 1.29 is 14.3 Å². The number of likely N-dealkylation sites (tertiary alicyclic amines) is 1. The molecular formula is C20H23N3O3. The van der Waals surface area contributed by atoms with E-state index >= 15 is 0 Å². The van der Waals surface area contributed by atoms with Crippen LogP contribution in [0, 0.1) is 5.92 Å². The van der Waals surface area contributed by atoms with Crippen LogP contribution in [0.5, 0.6) is 5.75 Å². The topological polar surface area (TPSA) is 71.5 Å². The van der Waals surface area contributed by atoms with Crippen molar-refractivity contribution in [3.63, 3.8) is 0 Å². The minimum absolute atomic E-state index is 0.0228. The number of nitrogens with zero attached hydrogens (tertiary/aromatic N) is 2. The van der Waals surface area contributed by atoms with Crippen LogP contribution in [-0.2, 0) is 0 Å². The van der Waals surface area contributed by atoms with Crippen LogP contribution < -0.4 is 10.1 Å². The van der Waals surface area contributed by atoms with Crippen molar-refractivity contribution in [3.8, 4) is 5.75 Å². The molecule has 26 heavy (non-hydrogen) atoms. The number of piperidine rings is 1. The van der Waals surface area contributed by atoms with Gasteiger partial charge in [0.2, 0.25) is 0 Å². The van der Waals surface area contributed by atoms with E-state index in [0.717, 1.165) is 12.8 Å². The second kappa shape index (κ2) is 8.47. The van der Waals surface area contributed by atoms with Gasteiger partial charge in [0, 0.05) is 32.0 Å². The lowest BCUT2D eigenvalue weighted by atomic mass is 9.96. The van der Waals surface area contributed by atoms with E-state index in [1.165, 1.54) is 0 Å². The van der Waals surface area contributed by atoms with Gasteiger partial charge in [0.1, 0.15) is 5.75 Å². The van der Waals surface area contributed by atoms with Crippen LogP contribution in [0.25, 0.3) is 0 Å². The molecule has 1 saturated heterocycles. The number of pyridine rings is 1. The third-order valence-corrected chi connectivity index (χ3v) is 4.71. The summed E-state index contributed by atoms with van der Waals surface area (Å²) in [7, 11) is 1.56. The molecule has 6 heteroatoms.